The summed E-state index contributed by atoms with van der Waals surface area (Å²) in [6, 6.07) is 8.14. The zero-order chi connectivity index (χ0) is 13.0. The van der Waals surface area contributed by atoms with Crippen molar-refractivity contribution in [3.8, 4) is 5.75 Å². The number of carbonyl (C=O) groups is 1. The van der Waals surface area contributed by atoms with E-state index in [9.17, 15) is 4.79 Å². The van der Waals surface area contributed by atoms with E-state index in [1.165, 1.54) is 6.42 Å². The molecule has 1 fully saturated rings. The van der Waals surface area contributed by atoms with Crippen LogP contribution in [0.1, 0.15) is 13.3 Å². The van der Waals surface area contributed by atoms with Gasteiger partial charge in [0.05, 0.1) is 0 Å². The van der Waals surface area contributed by atoms with Crippen LogP contribution in [0.2, 0.25) is 0 Å². The molecule has 0 radical (unpaired) electrons. The Balaban J connectivity index is 1.92. The number of anilines is 1. The maximum absolute atomic E-state index is 10.7. The number of primary amides is 1. The van der Waals surface area contributed by atoms with Gasteiger partial charge in [-0.15, -0.1) is 0 Å². The molecule has 1 saturated heterocycles. The second kappa shape index (κ2) is 6.00. The molecule has 1 heterocycles. The molecule has 1 amide bonds. The van der Waals surface area contributed by atoms with Crippen LogP contribution in [0.5, 0.6) is 5.75 Å². The number of ether oxygens (including phenoxy) is 1. The van der Waals surface area contributed by atoms with E-state index in [1.807, 2.05) is 36.0 Å². The summed E-state index contributed by atoms with van der Waals surface area (Å²) in [7, 11) is 0. The Labute approximate surface area is 111 Å². The van der Waals surface area contributed by atoms with Crippen molar-refractivity contribution >= 4 is 23.4 Å². The first-order valence-electron chi connectivity index (χ1n) is 6.03. The zero-order valence-electron chi connectivity index (χ0n) is 10.4. The second-order valence-corrected chi connectivity index (χ2v) is 5.98. The number of nitrogens with two attached hydrogens (primary N) is 1. The van der Waals surface area contributed by atoms with E-state index in [4.69, 9.17) is 10.5 Å². The molecule has 1 aliphatic heterocycles. The minimum Gasteiger partial charge on any atom is -0.484 e. The minimum atomic E-state index is -0.464. The van der Waals surface area contributed by atoms with Gasteiger partial charge in [0.2, 0.25) is 0 Å². The number of hydrogen-bond donors (Lipinski definition) is 2. The summed E-state index contributed by atoms with van der Waals surface area (Å²) in [4.78, 5) is 10.7. The van der Waals surface area contributed by atoms with Crippen LogP contribution >= 0.6 is 11.8 Å². The molecule has 2 unspecified atom stereocenters. The van der Waals surface area contributed by atoms with E-state index in [2.05, 4.69) is 12.2 Å². The lowest BCUT2D eigenvalue weighted by molar-refractivity contribution is -0.119. The topological polar surface area (TPSA) is 64.3 Å². The summed E-state index contributed by atoms with van der Waals surface area (Å²) in [6.45, 7) is 2.17. The van der Waals surface area contributed by atoms with E-state index in [0.717, 1.165) is 16.7 Å². The fourth-order valence-corrected chi connectivity index (χ4v) is 3.13. The third kappa shape index (κ3) is 3.84. The summed E-state index contributed by atoms with van der Waals surface area (Å²) < 4.78 is 5.27. The van der Waals surface area contributed by atoms with Gasteiger partial charge in [0.15, 0.2) is 6.61 Å². The van der Waals surface area contributed by atoms with Crippen LogP contribution in [-0.4, -0.2) is 29.6 Å². The fraction of sp³-hybridized carbons (Fsp3) is 0.462. The molecule has 98 valence electrons. The Morgan fingerprint density at radius 1 is 1.61 bits per heavy atom. The largest absolute Gasteiger partial charge is 0.484 e. The number of rotatable bonds is 5. The van der Waals surface area contributed by atoms with Gasteiger partial charge < -0.3 is 15.8 Å². The lowest BCUT2D eigenvalue weighted by atomic mass is 10.2. The predicted molar refractivity (Wildman–Crippen MR) is 75.1 cm³/mol. The standard InChI is InChI=1S/C13H18N2O2S/c1-9-5-11(8-18-9)15-10-3-2-4-12(6-10)17-7-13(14)16/h2-4,6,9,11,15H,5,7-8H2,1H3,(H2,14,16). The normalized spacial score (nSPS) is 22.7. The third-order valence-electron chi connectivity index (χ3n) is 2.78. The number of hydrogen-bond acceptors (Lipinski definition) is 4. The van der Waals surface area contributed by atoms with E-state index in [1.54, 1.807) is 0 Å². The molecule has 0 spiro atoms. The molecule has 0 aromatic heterocycles. The molecule has 1 aromatic carbocycles. The van der Waals surface area contributed by atoms with E-state index in [0.29, 0.717) is 11.8 Å². The second-order valence-electron chi connectivity index (χ2n) is 4.50. The Morgan fingerprint density at radius 2 is 2.44 bits per heavy atom. The number of nitrogens with one attached hydrogen (secondary N) is 1. The number of thioether (sulfide) groups is 1. The lowest BCUT2D eigenvalue weighted by Crippen LogP contribution is -2.20. The van der Waals surface area contributed by atoms with E-state index >= 15 is 0 Å². The Bertz CT molecular complexity index is 425. The zero-order valence-corrected chi connectivity index (χ0v) is 11.2. The van der Waals surface area contributed by atoms with Crippen molar-refractivity contribution in [2.24, 2.45) is 5.73 Å². The molecule has 0 saturated carbocycles. The van der Waals surface area contributed by atoms with Gasteiger partial charge in [-0.1, -0.05) is 13.0 Å². The Hall–Kier alpha value is -1.36. The molecular formula is C13H18N2O2S. The van der Waals surface area contributed by atoms with Gasteiger partial charge >= 0.3 is 0 Å². The van der Waals surface area contributed by atoms with Gasteiger partial charge in [-0.2, -0.15) is 11.8 Å². The molecule has 5 heteroatoms. The fourth-order valence-electron chi connectivity index (χ4n) is 1.98. The first-order chi connectivity index (χ1) is 8.63. The quantitative estimate of drug-likeness (QED) is 0.854. The number of benzene rings is 1. The van der Waals surface area contributed by atoms with Crippen LogP contribution < -0.4 is 15.8 Å². The van der Waals surface area contributed by atoms with Gasteiger partial charge in [0.1, 0.15) is 5.75 Å². The molecule has 2 rings (SSSR count). The molecule has 2 atom stereocenters. The van der Waals surface area contributed by atoms with Gasteiger partial charge in [0, 0.05) is 28.8 Å². The van der Waals surface area contributed by atoms with Crippen molar-refractivity contribution in [2.75, 3.05) is 17.7 Å². The summed E-state index contributed by atoms with van der Waals surface area (Å²) in [6.07, 6.45) is 1.18. The van der Waals surface area contributed by atoms with Crippen molar-refractivity contribution in [1.29, 1.82) is 0 Å². The van der Waals surface area contributed by atoms with Crippen molar-refractivity contribution in [1.82, 2.24) is 0 Å². The summed E-state index contributed by atoms with van der Waals surface area (Å²) >= 11 is 1.99. The Kier molecular flexibility index (Phi) is 4.36. The molecule has 4 nitrogen and oxygen atoms in total. The van der Waals surface area contributed by atoms with Crippen molar-refractivity contribution < 1.29 is 9.53 Å². The Morgan fingerprint density at radius 3 is 3.11 bits per heavy atom. The first kappa shape index (κ1) is 13.1. The van der Waals surface area contributed by atoms with Crippen molar-refractivity contribution in [3.63, 3.8) is 0 Å². The van der Waals surface area contributed by atoms with Crippen LogP contribution in [0.25, 0.3) is 0 Å². The van der Waals surface area contributed by atoms with E-state index < -0.39 is 5.91 Å². The molecular weight excluding hydrogens is 248 g/mol. The smallest absolute Gasteiger partial charge is 0.255 e. The molecule has 1 aromatic rings. The monoisotopic (exact) mass is 266 g/mol. The molecule has 1 aliphatic rings. The minimum absolute atomic E-state index is 0.0836. The van der Waals surface area contributed by atoms with Gasteiger partial charge in [-0.25, -0.2) is 0 Å². The summed E-state index contributed by atoms with van der Waals surface area (Å²) in [5.74, 6) is 1.33. The third-order valence-corrected chi connectivity index (χ3v) is 4.14. The average molecular weight is 266 g/mol. The maximum Gasteiger partial charge on any atom is 0.255 e. The highest BCUT2D eigenvalue weighted by molar-refractivity contribution is 8.00. The molecule has 0 bridgehead atoms. The molecule has 3 N–H and O–H groups in total. The van der Waals surface area contributed by atoms with Crippen molar-refractivity contribution in [3.05, 3.63) is 24.3 Å². The molecule has 0 aliphatic carbocycles. The van der Waals surface area contributed by atoms with Crippen LogP contribution in [-0.2, 0) is 4.79 Å². The summed E-state index contributed by atoms with van der Waals surface area (Å²) in [5.41, 5.74) is 6.07. The summed E-state index contributed by atoms with van der Waals surface area (Å²) in [5, 5.41) is 4.20. The highest BCUT2D eigenvalue weighted by atomic mass is 32.2. The van der Waals surface area contributed by atoms with Gasteiger partial charge in [0.25, 0.3) is 5.91 Å². The van der Waals surface area contributed by atoms with Crippen LogP contribution in [0.15, 0.2) is 24.3 Å². The van der Waals surface area contributed by atoms with E-state index in [-0.39, 0.29) is 6.61 Å². The lowest BCUT2D eigenvalue weighted by Gasteiger charge is -2.14. The van der Waals surface area contributed by atoms with Crippen LogP contribution in [0, 0.1) is 0 Å². The highest BCUT2D eigenvalue weighted by Gasteiger charge is 2.21. The van der Waals surface area contributed by atoms with Crippen LogP contribution in [0.3, 0.4) is 0 Å². The van der Waals surface area contributed by atoms with Crippen molar-refractivity contribution in [2.45, 2.75) is 24.6 Å². The number of amides is 1. The number of carbonyl (C=O) groups excluding carboxylic acids is 1. The molecule has 18 heavy (non-hydrogen) atoms. The average Bonchev–Trinajstić information content (AvgIpc) is 2.73. The van der Waals surface area contributed by atoms with Gasteiger partial charge in [-0.3, -0.25) is 4.79 Å². The predicted octanol–water partition coefficient (Wildman–Crippen LogP) is 1.86. The maximum atomic E-state index is 10.7. The van der Waals surface area contributed by atoms with Gasteiger partial charge in [-0.05, 0) is 18.6 Å². The highest BCUT2D eigenvalue weighted by Crippen LogP contribution is 2.29. The first-order valence-corrected chi connectivity index (χ1v) is 7.07. The SMILES string of the molecule is CC1CC(Nc2cccc(OCC(N)=O)c2)CS1. The van der Waals surface area contributed by atoms with Crippen LogP contribution in [0.4, 0.5) is 5.69 Å².